The van der Waals surface area contributed by atoms with Gasteiger partial charge in [0.25, 0.3) is 0 Å². The quantitative estimate of drug-likeness (QED) is 0.591. The predicted octanol–water partition coefficient (Wildman–Crippen LogP) is 0.945. The van der Waals surface area contributed by atoms with Gasteiger partial charge in [-0.05, 0) is 0 Å². The van der Waals surface area contributed by atoms with Crippen molar-refractivity contribution in [3.63, 3.8) is 0 Å². The van der Waals surface area contributed by atoms with Crippen molar-refractivity contribution in [2.45, 2.75) is 39.3 Å². The van der Waals surface area contributed by atoms with Gasteiger partial charge in [0, 0.05) is 18.8 Å². The number of esters is 1. The summed E-state index contributed by atoms with van der Waals surface area (Å²) in [5.41, 5.74) is 0. The smallest absolute Gasteiger partial charge is 0.305 e. The van der Waals surface area contributed by atoms with Crippen molar-refractivity contribution < 1.29 is 19.0 Å². The molecule has 14 heavy (non-hydrogen) atoms. The van der Waals surface area contributed by atoms with E-state index in [0.717, 1.165) is 0 Å². The number of ether oxygens (including phenoxy) is 3. The number of fused-ring (bicyclic) bond motifs is 2. The first-order valence-corrected chi connectivity index (χ1v) is 5.04. The molecule has 80 valence electrons. The van der Waals surface area contributed by atoms with E-state index in [9.17, 15) is 4.79 Å². The summed E-state index contributed by atoms with van der Waals surface area (Å²) in [6.07, 6.45) is -0.421. The number of hydrogen-bond donors (Lipinski definition) is 0. The van der Waals surface area contributed by atoms with Gasteiger partial charge < -0.3 is 14.2 Å². The Bertz CT molecular complexity index is 240. The van der Waals surface area contributed by atoms with Crippen molar-refractivity contribution in [1.82, 2.24) is 0 Å². The first-order chi connectivity index (χ1) is 6.59. The van der Waals surface area contributed by atoms with E-state index in [1.807, 2.05) is 0 Å². The molecule has 0 spiro atoms. The highest BCUT2D eigenvalue weighted by Gasteiger charge is 2.50. The van der Waals surface area contributed by atoms with Crippen LogP contribution in [0.25, 0.3) is 0 Å². The van der Waals surface area contributed by atoms with Crippen LogP contribution in [0.5, 0.6) is 0 Å². The molecule has 0 radical (unpaired) electrons. The van der Waals surface area contributed by atoms with Crippen LogP contribution in [0.3, 0.4) is 0 Å². The summed E-state index contributed by atoms with van der Waals surface area (Å²) in [5.74, 6) is 0.371. The van der Waals surface area contributed by atoms with Crippen LogP contribution in [0.2, 0.25) is 0 Å². The third-order valence-corrected chi connectivity index (χ3v) is 2.99. The molecule has 0 saturated carbocycles. The Morgan fingerprint density at radius 2 is 2.07 bits per heavy atom. The van der Waals surface area contributed by atoms with Gasteiger partial charge in [0.15, 0.2) is 0 Å². The lowest BCUT2D eigenvalue weighted by atomic mass is 9.89. The SMILES string of the molecule is CC(=O)O[C@@H]1O[C@H]2[C@@H](C)[C@@H]1OC[C@H]2C. The Morgan fingerprint density at radius 1 is 1.36 bits per heavy atom. The highest BCUT2D eigenvalue weighted by Crippen LogP contribution is 2.38. The maximum absolute atomic E-state index is 10.8. The van der Waals surface area contributed by atoms with Crippen molar-refractivity contribution in [1.29, 1.82) is 0 Å². The molecule has 2 fully saturated rings. The monoisotopic (exact) mass is 200 g/mol. The molecular weight excluding hydrogens is 184 g/mol. The van der Waals surface area contributed by atoms with Gasteiger partial charge in [-0.2, -0.15) is 0 Å². The second kappa shape index (κ2) is 3.51. The van der Waals surface area contributed by atoms with Crippen LogP contribution in [0, 0.1) is 11.8 Å². The van der Waals surface area contributed by atoms with E-state index in [1.165, 1.54) is 6.92 Å². The third-order valence-electron chi connectivity index (χ3n) is 2.99. The Balaban J connectivity index is 2.07. The van der Waals surface area contributed by atoms with Crippen molar-refractivity contribution >= 4 is 5.97 Å². The van der Waals surface area contributed by atoms with E-state index in [0.29, 0.717) is 18.4 Å². The standard InChI is InChI=1S/C10H16O4/c1-5-4-12-9-6(2)8(5)14-10(9)13-7(3)11/h5-6,8-10H,4H2,1-3H3/t5-,6-,8-,9+,10-/m1/s1. The van der Waals surface area contributed by atoms with Gasteiger partial charge in [-0.1, -0.05) is 13.8 Å². The van der Waals surface area contributed by atoms with Crippen molar-refractivity contribution in [2.75, 3.05) is 6.61 Å². The molecule has 0 unspecified atom stereocenters. The molecule has 4 heteroatoms. The molecular formula is C10H16O4. The summed E-state index contributed by atoms with van der Waals surface area (Å²) in [6.45, 7) is 6.25. The van der Waals surface area contributed by atoms with E-state index in [-0.39, 0.29) is 18.2 Å². The summed E-state index contributed by atoms with van der Waals surface area (Å²) in [5, 5.41) is 0. The lowest BCUT2D eigenvalue weighted by Crippen LogP contribution is -2.39. The van der Waals surface area contributed by atoms with Crippen LogP contribution < -0.4 is 0 Å². The molecule has 0 aliphatic carbocycles. The van der Waals surface area contributed by atoms with Crippen LogP contribution in [-0.2, 0) is 19.0 Å². The summed E-state index contributed by atoms with van der Waals surface area (Å²) < 4.78 is 16.3. The molecule has 2 aliphatic heterocycles. The molecule has 4 nitrogen and oxygen atoms in total. The number of rotatable bonds is 1. The first-order valence-electron chi connectivity index (χ1n) is 5.04. The van der Waals surface area contributed by atoms with E-state index < -0.39 is 6.29 Å². The van der Waals surface area contributed by atoms with Gasteiger partial charge in [0.2, 0.25) is 6.29 Å². The van der Waals surface area contributed by atoms with E-state index >= 15 is 0 Å². The zero-order chi connectivity index (χ0) is 10.3. The third kappa shape index (κ3) is 1.53. The highest BCUT2D eigenvalue weighted by atomic mass is 16.7. The van der Waals surface area contributed by atoms with Gasteiger partial charge in [-0.3, -0.25) is 4.79 Å². The normalized spacial score (nSPS) is 46.4. The van der Waals surface area contributed by atoms with Crippen LogP contribution in [0.4, 0.5) is 0 Å². The van der Waals surface area contributed by atoms with Crippen molar-refractivity contribution in [3.05, 3.63) is 0 Å². The lowest BCUT2D eigenvalue weighted by Gasteiger charge is -2.29. The summed E-state index contributed by atoms with van der Waals surface area (Å²) in [4.78, 5) is 10.8. The molecule has 2 bridgehead atoms. The van der Waals surface area contributed by atoms with E-state index in [4.69, 9.17) is 14.2 Å². The molecule has 2 rings (SSSR count). The lowest BCUT2D eigenvalue weighted by molar-refractivity contribution is -0.183. The molecule has 2 saturated heterocycles. The maximum Gasteiger partial charge on any atom is 0.305 e. The van der Waals surface area contributed by atoms with E-state index in [2.05, 4.69) is 13.8 Å². The largest absolute Gasteiger partial charge is 0.433 e. The van der Waals surface area contributed by atoms with Crippen LogP contribution in [0.1, 0.15) is 20.8 Å². The fourth-order valence-corrected chi connectivity index (χ4v) is 2.29. The average Bonchev–Trinajstić information content (AvgIpc) is 2.27. The summed E-state index contributed by atoms with van der Waals surface area (Å²) in [7, 11) is 0. The fraction of sp³-hybridized carbons (Fsp3) is 0.900. The Kier molecular flexibility index (Phi) is 2.49. The van der Waals surface area contributed by atoms with Gasteiger partial charge in [0.05, 0.1) is 12.7 Å². The zero-order valence-corrected chi connectivity index (χ0v) is 8.73. The molecule has 2 heterocycles. The molecule has 5 atom stereocenters. The fourth-order valence-electron chi connectivity index (χ4n) is 2.29. The molecule has 2 aliphatic rings. The van der Waals surface area contributed by atoms with E-state index in [1.54, 1.807) is 0 Å². The van der Waals surface area contributed by atoms with Crippen LogP contribution >= 0.6 is 0 Å². The molecule has 0 aromatic heterocycles. The van der Waals surface area contributed by atoms with Crippen molar-refractivity contribution in [3.8, 4) is 0 Å². The average molecular weight is 200 g/mol. The minimum Gasteiger partial charge on any atom is -0.433 e. The van der Waals surface area contributed by atoms with Gasteiger partial charge in [0.1, 0.15) is 6.10 Å². The van der Waals surface area contributed by atoms with Crippen LogP contribution in [-0.4, -0.2) is 31.1 Å². The molecule has 0 aromatic rings. The number of carbonyl (C=O) groups is 1. The summed E-state index contributed by atoms with van der Waals surface area (Å²) in [6, 6.07) is 0. The number of carbonyl (C=O) groups excluding carboxylic acids is 1. The minimum atomic E-state index is -0.502. The van der Waals surface area contributed by atoms with Gasteiger partial charge in [-0.25, -0.2) is 0 Å². The molecule has 0 amide bonds. The second-order valence-electron chi connectivity index (χ2n) is 4.21. The second-order valence-corrected chi connectivity index (χ2v) is 4.21. The first kappa shape index (κ1) is 9.93. The highest BCUT2D eigenvalue weighted by molar-refractivity contribution is 5.66. The maximum atomic E-state index is 10.8. The van der Waals surface area contributed by atoms with Gasteiger partial charge in [-0.15, -0.1) is 0 Å². The van der Waals surface area contributed by atoms with Crippen LogP contribution in [0.15, 0.2) is 0 Å². The zero-order valence-electron chi connectivity index (χ0n) is 8.73. The molecule has 0 aromatic carbocycles. The predicted molar refractivity (Wildman–Crippen MR) is 48.5 cm³/mol. The Labute approximate surface area is 83.5 Å². The topological polar surface area (TPSA) is 44.8 Å². The molecule has 0 N–H and O–H groups in total. The minimum absolute atomic E-state index is 0.0832. The van der Waals surface area contributed by atoms with Crippen molar-refractivity contribution in [2.24, 2.45) is 11.8 Å². The Morgan fingerprint density at radius 3 is 2.64 bits per heavy atom. The Hall–Kier alpha value is -0.610. The summed E-state index contributed by atoms with van der Waals surface area (Å²) >= 11 is 0. The number of hydrogen-bond acceptors (Lipinski definition) is 4. The van der Waals surface area contributed by atoms with Gasteiger partial charge >= 0.3 is 5.97 Å².